The van der Waals surface area contributed by atoms with Crippen molar-refractivity contribution in [3.05, 3.63) is 90.4 Å². The third kappa shape index (κ3) is 5.74. The molecular formula is C23H20N4O5S. The Kier molecular flexibility index (Phi) is 6.09. The van der Waals surface area contributed by atoms with Crippen molar-refractivity contribution >= 4 is 21.6 Å². The number of carbonyl (C=O) groups excluding carboxylic acids is 1. The van der Waals surface area contributed by atoms with Crippen molar-refractivity contribution in [1.82, 2.24) is 14.8 Å². The largest absolute Gasteiger partial charge is 0.508 e. The van der Waals surface area contributed by atoms with Crippen LogP contribution in [0.15, 0.2) is 84.1 Å². The molecule has 0 aliphatic heterocycles. The Balaban J connectivity index is 1.45. The van der Waals surface area contributed by atoms with E-state index >= 15 is 0 Å². The van der Waals surface area contributed by atoms with E-state index in [2.05, 4.69) is 15.4 Å². The first kappa shape index (κ1) is 22.0. The number of anilines is 1. The van der Waals surface area contributed by atoms with Crippen LogP contribution >= 0.6 is 0 Å². The van der Waals surface area contributed by atoms with E-state index in [0.717, 1.165) is 11.8 Å². The lowest BCUT2D eigenvalue weighted by molar-refractivity contribution is 0.102. The predicted molar refractivity (Wildman–Crippen MR) is 121 cm³/mol. The van der Waals surface area contributed by atoms with Crippen molar-refractivity contribution < 1.29 is 23.1 Å². The summed E-state index contributed by atoms with van der Waals surface area (Å²) in [6, 6.07) is 15.4. The Labute approximate surface area is 190 Å². The Morgan fingerprint density at radius 3 is 2.58 bits per heavy atom. The van der Waals surface area contributed by atoms with Crippen LogP contribution in [-0.2, 0) is 16.4 Å². The quantitative estimate of drug-likeness (QED) is 0.429. The number of phenols is 1. The molecule has 2 aromatic carbocycles. The van der Waals surface area contributed by atoms with Gasteiger partial charge in [0.05, 0.1) is 11.4 Å². The molecule has 0 saturated carbocycles. The molecule has 0 fully saturated rings. The fraction of sp³-hybridized carbons (Fsp3) is 0.0870. The third-order valence-electron chi connectivity index (χ3n) is 4.59. The smallest absolute Gasteiger partial charge is 0.257 e. The van der Waals surface area contributed by atoms with Gasteiger partial charge in [0.25, 0.3) is 5.91 Å². The number of hydrogen-bond acceptors (Lipinski definition) is 7. The maximum Gasteiger partial charge on any atom is 0.257 e. The monoisotopic (exact) mass is 464 g/mol. The third-order valence-corrected chi connectivity index (χ3v) is 5.72. The number of nitrogens with one attached hydrogen (secondary N) is 1. The van der Waals surface area contributed by atoms with Gasteiger partial charge in [0.2, 0.25) is 0 Å². The second-order valence-electron chi connectivity index (χ2n) is 7.28. The van der Waals surface area contributed by atoms with Gasteiger partial charge in [0, 0.05) is 42.5 Å². The molecular weight excluding hydrogens is 444 g/mol. The zero-order valence-electron chi connectivity index (χ0n) is 17.5. The maximum atomic E-state index is 12.7. The molecule has 4 rings (SSSR count). The minimum atomic E-state index is -3.32. The molecule has 2 heterocycles. The predicted octanol–water partition coefficient (Wildman–Crippen LogP) is 3.48. The number of sulfone groups is 1. The van der Waals surface area contributed by atoms with Crippen LogP contribution in [0.2, 0.25) is 0 Å². The topological polar surface area (TPSA) is 123 Å². The molecule has 0 atom stereocenters. The van der Waals surface area contributed by atoms with Gasteiger partial charge in [-0.05, 0) is 48.0 Å². The van der Waals surface area contributed by atoms with Crippen LogP contribution in [0, 0.1) is 0 Å². The van der Waals surface area contributed by atoms with Crippen molar-refractivity contribution in [2.24, 2.45) is 0 Å². The van der Waals surface area contributed by atoms with Gasteiger partial charge in [-0.1, -0.05) is 6.07 Å². The van der Waals surface area contributed by atoms with Gasteiger partial charge < -0.3 is 15.2 Å². The summed E-state index contributed by atoms with van der Waals surface area (Å²) in [6.07, 6.45) is 6.28. The Morgan fingerprint density at radius 1 is 1.09 bits per heavy atom. The summed E-state index contributed by atoms with van der Waals surface area (Å²) < 4.78 is 30.5. The average Bonchev–Trinajstić information content (AvgIpc) is 3.20. The second kappa shape index (κ2) is 9.13. The molecule has 10 heteroatoms. The maximum absolute atomic E-state index is 12.7. The Hall–Kier alpha value is -4.18. The molecule has 168 valence electrons. The van der Waals surface area contributed by atoms with Crippen LogP contribution in [0.5, 0.6) is 17.2 Å². The number of nitrogens with zero attached hydrogens (tertiary/aromatic N) is 3. The first-order valence-electron chi connectivity index (χ1n) is 9.82. The molecule has 0 radical (unpaired) electrons. The van der Waals surface area contributed by atoms with E-state index in [-0.39, 0.29) is 22.0 Å². The molecule has 1 amide bonds. The number of rotatable bonds is 7. The van der Waals surface area contributed by atoms with Gasteiger partial charge in [-0.3, -0.25) is 14.5 Å². The molecule has 2 aromatic heterocycles. The summed E-state index contributed by atoms with van der Waals surface area (Å²) >= 11 is 0. The number of phenolic OH excluding ortho intramolecular Hbond substituents is 1. The molecule has 0 unspecified atom stereocenters. The molecule has 33 heavy (non-hydrogen) atoms. The molecule has 4 aromatic rings. The van der Waals surface area contributed by atoms with Crippen LogP contribution in [0.25, 0.3) is 0 Å². The van der Waals surface area contributed by atoms with Crippen molar-refractivity contribution in [2.75, 3.05) is 11.6 Å². The number of benzene rings is 2. The zero-order chi connectivity index (χ0) is 23.4. The number of aromatic nitrogens is 3. The lowest BCUT2D eigenvalue weighted by Gasteiger charge is -2.09. The van der Waals surface area contributed by atoms with E-state index in [1.165, 1.54) is 42.5 Å². The zero-order valence-corrected chi connectivity index (χ0v) is 18.4. The summed E-state index contributed by atoms with van der Waals surface area (Å²) in [5, 5.41) is 17.1. The fourth-order valence-corrected chi connectivity index (χ4v) is 3.68. The number of pyridine rings is 1. The van der Waals surface area contributed by atoms with E-state index in [0.29, 0.717) is 18.1 Å². The normalized spacial score (nSPS) is 11.2. The minimum Gasteiger partial charge on any atom is -0.508 e. The molecule has 0 aliphatic rings. The van der Waals surface area contributed by atoms with Crippen LogP contribution in [-0.4, -0.2) is 40.5 Å². The van der Waals surface area contributed by atoms with E-state index in [1.54, 1.807) is 29.3 Å². The number of hydrogen-bond donors (Lipinski definition) is 2. The Morgan fingerprint density at radius 2 is 1.88 bits per heavy atom. The molecule has 0 spiro atoms. The summed E-state index contributed by atoms with van der Waals surface area (Å²) in [6.45, 7) is 0.506. The van der Waals surface area contributed by atoms with Gasteiger partial charge in [-0.25, -0.2) is 8.42 Å². The molecule has 0 saturated heterocycles. The Bertz CT molecular complexity index is 1380. The van der Waals surface area contributed by atoms with Crippen LogP contribution in [0.1, 0.15) is 15.9 Å². The molecule has 0 bridgehead atoms. The van der Waals surface area contributed by atoms with Crippen molar-refractivity contribution in [3.8, 4) is 17.2 Å². The van der Waals surface area contributed by atoms with Gasteiger partial charge in [-0.15, -0.1) is 0 Å². The van der Waals surface area contributed by atoms with Gasteiger partial charge in [0.15, 0.2) is 15.7 Å². The number of amides is 1. The first-order valence-corrected chi connectivity index (χ1v) is 11.7. The summed E-state index contributed by atoms with van der Waals surface area (Å²) in [7, 11) is -3.32. The minimum absolute atomic E-state index is 0.160. The number of ether oxygens (including phenoxy) is 1. The van der Waals surface area contributed by atoms with Crippen molar-refractivity contribution in [3.63, 3.8) is 0 Å². The lowest BCUT2D eigenvalue weighted by atomic mass is 10.2. The van der Waals surface area contributed by atoms with E-state index < -0.39 is 15.7 Å². The fourth-order valence-electron chi connectivity index (χ4n) is 3.05. The van der Waals surface area contributed by atoms with Crippen molar-refractivity contribution in [2.45, 2.75) is 11.4 Å². The molecule has 0 aliphatic carbocycles. The first-order chi connectivity index (χ1) is 15.8. The second-order valence-corrected chi connectivity index (χ2v) is 9.29. The lowest BCUT2D eigenvalue weighted by Crippen LogP contribution is -2.13. The highest BCUT2D eigenvalue weighted by Crippen LogP contribution is 2.28. The van der Waals surface area contributed by atoms with Gasteiger partial charge in [-0.2, -0.15) is 5.10 Å². The highest BCUT2D eigenvalue weighted by Gasteiger charge is 2.13. The van der Waals surface area contributed by atoms with Crippen molar-refractivity contribution in [1.29, 1.82) is 0 Å². The average molecular weight is 465 g/mol. The summed E-state index contributed by atoms with van der Waals surface area (Å²) in [5.41, 5.74) is 1.14. The molecule has 2 N–H and O–H groups in total. The highest BCUT2D eigenvalue weighted by molar-refractivity contribution is 7.90. The van der Waals surface area contributed by atoms with Gasteiger partial charge in [0.1, 0.15) is 17.2 Å². The van der Waals surface area contributed by atoms with Crippen LogP contribution in [0.4, 0.5) is 5.82 Å². The van der Waals surface area contributed by atoms with E-state index in [9.17, 15) is 18.3 Å². The standard InChI is InChI=1S/C23H20N4O5S/c1-33(30,31)21-6-4-19(5-7-21)32-20-12-17(11-18(28)13-20)23(29)25-22-8-10-27(26-22)15-16-3-2-9-24-14-16/h2-14,28H,15H2,1H3,(H,25,26,29). The summed E-state index contributed by atoms with van der Waals surface area (Å²) in [4.78, 5) is 16.9. The molecule has 9 nitrogen and oxygen atoms in total. The number of aromatic hydroxyl groups is 1. The van der Waals surface area contributed by atoms with Crippen LogP contribution < -0.4 is 10.1 Å². The number of carbonyl (C=O) groups is 1. The van der Waals surface area contributed by atoms with Crippen LogP contribution in [0.3, 0.4) is 0 Å². The SMILES string of the molecule is CS(=O)(=O)c1ccc(Oc2cc(O)cc(C(=O)Nc3ccn(Cc4cccnc4)n3)c2)cc1. The summed E-state index contributed by atoms with van der Waals surface area (Å²) in [5.74, 6) is 0.288. The van der Waals surface area contributed by atoms with E-state index in [4.69, 9.17) is 4.74 Å². The highest BCUT2D eigenvalue weighted by atomic mass is 32.2. The van der Waals surface area contributed by atoms with E-state index in [1.807, 2.05) is 12.1 Å². The van der Waals surface area contributed by atoms with Gasteiger partial charge >= 0.3 is 0 Å².